The molecule has 0 heterocycles. The molecule has 1 rings (SSSR count). The maximum atomic E-state index is 10.5. The normalized spacial score (nSPS) is 27.8. The van der Waals surface area contributed by atoms with Crippen LogP contribution in [0.15, 0.2) is 11.3 Å². The number of allylic oxidation sites excluding steroid dienone is 1. The highest BCUT2D eigenvalue weighted by molar-refractivity contribution is 5.97. The molecule has 50 valence electrons. The fourth-order valence-corrected chi connectivity index (χ4v) is 0.803. The lowest BCUT2D eigenvalue weighted by Crippen LogP contribution is -2.03. The Morgan fingerprint density at radius 2 is 2.22 bits per heavy atom. The van der Waals surface area contributed by atoms with E-state index >= 15 is 0 Å². The Hall–Kier alpha value is -0.830. The van der Waals surface area contributed by atoms with Gasteiger partial charge in [0.1, 0.15) is 0 Å². The summed E-state index contributed by atoms with van der Waals surface area (Å²) in [7, 11) is 0. The van der Waals surface area contributed by atoms with Crippen molar-refractivity contribution in [2.24, 2.45) is 0 Å². The van der Waals surface area contributed by atoms with Crippen LogP contribution >= 0.6 is 0 Å². The molecule has 0 aromatic rings. The second-order valence-electron chi connectivity index (χ2n) is 2.17. The van der Waals surface area contributed by atoms with E-state index in [1.165, 1.54) is 0 Å². The van der Waals surface area contributed by atoms with E-state index in [4.69, 9.17) is 10.2 Å². The molecule has 1 aliphatic rings. The Bertz CT molecular complexity index is 181. The van der Waals surface area contributed by atoms with Crippen molar-refractivity contribution in [1.82, 2.24) is 0 Å². The topological polar surface area (TPSA) is 57.5 Å². The summed E-state index contributed by atoms with van der Waals surface area (Å²) in [6.07, 6.45) is -0.713. The fourth-order valence-electron chi connectivity index (χ4n) is 0.803. The van der Waals surface area contributed by atoms with Gasteiger partial charge in [0.2, 0.25) is 0 Å². The fraction of sp³-hybridized carbons (Fsp3) is 0.500. The van der Waals surface area contributed by atoms with E-state index in [1.807, 2.05) is 0 Å². The van der Waals surface area contributed by atoms with Crippen molar-refractivity contribution in [3.8, 4) is 0 Å². The van der Waals surface area contributed by atoms with E-state index in [1.54, 1.807) is 6.92 Å². The van der Waals surface area contributed by atoms with Crippen molar-refractivity contribution < 1.29 is 15.0 Å². The number of carbonyl (C=O) groups excluding carboxylic acids is 1. The van der Waals surface area contributed by atoms with Crippen LogP contribution < -0.4 is 0 Å². The number of hydrogen-bond donors (Lipinski definition) is 2. The highest BCUT2D eigenvalue weighted by Crippen LogP contribution is 2.20. The third kappa shape index (κ3) is 0.833. The van der Waals surface area contributed by atoms with Gasteiger partial charge in [-0.1, -0.05) is 0 Å². The van der Waals surface area contributed by atoms with Gasteiger partial charge in [-0.05, 0) is 6.92 Å². The summed E-state index contributed by atoms with van der Waals surface area (Å²) in [4.78, 5) is 10.5. The number of ketones is 1. The Balaban J connectivity index is 2.92. The van der Waals surface area contributed by atoms with Crippen LogP contribution in [0, 0.1) is 0 Å². The zero-order chi connectivity index (χ0) is 7.02. The van der Waals surface area contributed by atoms with Gasteiger partial charge in [-0.15, -0.1) is 0 Å². The van der Waals surface area contributed by atoms with Gasteiger partial charge < -0.3 is 10.2 Å². The summed E-state index contributed by atoms with van der Waals surface area (Å²) in [5.74, 6) is -0.623. The molecule has 0 amide bonds. The zero-order valence-electron chi connectivity index (χ0n) is 5.09. The summed E-state index contributed by atoms with van der Waals surface area (Å²) >= 11 is 0. The molecule has 1 unspecified atom stereocenters. The maximum Gasteiger partial charge on any atom is 0.200 e. The van der Waals surface area contributed by atoms with Crippen LogP contribution in [0.25, 0.3) is 0 Å². The molecule has 0 aliphatic heterocycles. The number of aliphatic hydroxyl groups excluding tert-OH is 2. The van der Waals surface area contributed by atoms with Gasteiger partial charge in [0, 0.05) is 12.0 Å². The molecule has 0 radical (unpaired) electrons. The van der Waals surface area contributed by atoms with E-state index < -0.39 is 6.10 Å². The Morgan fingerprint density at radius 1 is 1.67 bits per heavy atom. The lowest BCUT2D eigenvalue weighted by atomic mass is 10.2. The third-order valence-electron chi connectivity index (χ3n) is 1.52. The Labute approximate surface area is 52.6 Å². The van der Waals surface area contributed by atoms with E-state index in [9.17, 15) is 4.79 Å². The van der Waals surface area contributed by atoms with E-state index in [0.29, 0.717) is 5.57 Å². The average molecular weight is 128 g/mol. The molecule has 0 bridgehead atoms. The number of carbonyl (C=O) groups is 1. The number of rotatable bonds is 0. The number of hydrogen-bond acceptors (Lipinski definition) is 3. The smallest absolute Gasteiger partial charge is 0.200 e. The minimum Gasteiger partial charge on any atom is -0.504 e. The van der Waals surface area contributed by atoms with Crippen LogP contribution in [-0.4, -0.2) is 22.1 Å². The third-order valence-corrected chi connectivity index (χ3v) is 1.52. The van der Waals surface area contributed by atoms with Gasteiger partial charge in [-0.2, -0.15) is 0 Å². The van der Waals surface area contributed by atoms with Crippen molar-refractivity contribution >= 4 is 5.78 Å². The van der Waals surface area contributed by atoms with Gasteiger partial charge in [0.25, 0.3) is 0 Å². The first-order valence-electron chi connectivity index (χ1n) is 2.74. The summed E-state index contributed by atoms with van der Waals surface area (Å²) in [6.45, 7) is 1.55. The maximum absolute atomic E-state index is 10.5. The molecule has 1 atom stereocenters. The molecule has 0 saturated heterocycles. The quantitative estimate of drug-likeness (QED) is 0.488. The van der Waals surface area contributed by atoms with Gasteiger partial charge in [0.05, 0.1) is 6.10 Å². The van der Waals surface area contributed by atoms with Gasteiger partial charge in [-0.3, -0.25) is 4.79 Å². The molecule has 2 N–H and O–H groups in total. The monoisotopic (exact) mass is 128 g/mol. The van der Waals surface area contributed by atoms with E-state index in [-0.39, 0.29) is 18.0 Å². The molecule has 0 spiro atoms. The van der Waals surface area contributed by atoms with Crippen LogP contribution in [0.3, 0.4) is 0 Å². The van der Waals surface area contributed by atoms with Gasteiger partial charge in [-0.25, -0.2) is 0 Å². The van der Waals surface area contributed by atoms with Crippen LogP contribution in [0.5, 0.6) is 0 Å². The summed E-state index contributed by atoms with van der Waals surface area (Å²) in [5, 5.41) is 17.7. The first-order valence-corrected chi connectivity index (χ1v) is 2.74. The van der Waals surface area contributed by atoms with Crippen molar-refractivity contribution in [1.29, 1.82) is 0 Å². The molecule has 1 aliphatic carbocycles. The Morgan fingerprint density at radius 3 is 2.33 bits per heavy atom. The van der Waals surface area contributed by atoms with Crippen molar-refractivity contribution in [2.75, 3.05) is 0 Å². The van der Waals surface area contributed by atoms with Crippen LogP contribution in [-0.2, 0) is 4.79 Å². The second-order valence-corrected chi connectivity index (χ2v) is 2.17. The standard InChI is InChI=1S/C6H8O3/c1-3-4(7)2-5(8)6(3)9/h4,7,9H,2H2,1H3. The van der Waals surface area contributed by atoms with Crippen LogP contribution in [0.4, 0.5) is 0 Å². The molecule has 0 aromatic carbocycles. The molecule has 3 heteroatoms. The lowest BCUT2D eigenvalue weighted by molar-refractivity contribution is -0.117. The molecule has 0 saturated carbocycles. The second kappa shape index (κ2) is 1.84. The molecule has 0 aromatic heterocycles. The highest BCUT2D eigenvalue weighted by atomic mass is 16.3. The zero-order valence-corrected chi connectivity index (χ0v) is 5.09. The minimum absolute atomic E-state index is 0.0394. The minimum atomic E-state index is -0.752. The summed E-state index contributed by atoms with van der Waals surface area (Å²) in [5.41, 5.74) is 0.389. The largest absolute Gasteiger partial charge is 0.504 e. The first kappa shape index (κ1) is 6.29. The van der Waals surface area contributed by atoms with Gasteiger partial charge >= 0.3 is 0 Å². The predicted octanol–water partition coefficient (Wildman–Crippen LogP) is 0.152. The van der Waals surface area contributed by atoms with Crippen molar-refractivity contribution in [3.63, 3.8) is 0 Å². The van der Waals surface area contributed by atoms with Crippen molar-refractivity contribution in [2.45, 2.75) is 19.4 Å². The first-order chi connectivity index (χ1) is 4.13. The predicted molar refractivity (Wildman–Crippen MR) is 31.0 cm³/mol. The van der Waals surface area contributed by atoms with Crippen LogP contribution in [0.1, 0.15) is 13.3 Å². The molecule has 3 nitrogen and oxygen atoms in total. The average Bonchev–Trinajstić information content (AvgIpc) is 1.98. The number of Topliss-reactive ketones (excluding diaryl/α,β-unsaturated/α-hetero) is 1. The molecule has 0 fully saturated rings. The van der Waals surface area contributed by atoms with Crippen molar-refractivity contribution in [3.05, 3.63) is 11.3 Å². The summed E-state index contributed by atoms with van der Waals surface area (Å²) in [6, 6.07) is 0. The van der Waals surface area contributed by atoms with Crippen LogP contribution in [0.2, 0.25) is 0 Å². The van der Waals surface area contributed by atoms with E-state index in [2.05, 4.69) is 0 Å². The number of aliphatic hydroxyl groups is 2. The molecule has 9 heavy (non-hydrogen) atoms. The Kier molecular flexibility index (Phi) is 1.29. The van der Waals surface area contributed by atoms with E-state index in [0.717, 1.165) is 0 Å². The summed E-state index contributed by atoms with van der Waals surface area (Å²) < 4.78 is 0. The van der Waals surface area contributed by atoms with Gasteiger partial charge in [0.15, 0.2) is 11.5 Å². The molecular formula is C6H8O3. The highest BCUT2D eigenvalue weighted by Gasteiger charge is 2.27. The lowest BCUT2D eigenvalue weighted by Gasteiger charge is -1.96. The molecular weight excluding hydrogens is 120 g/mol. The SMILES string of the molecule is CC1=C(O)C(=O)CC1O.